The van der Waals surface area contributed by atoms with Crippen LogP contribution in [0.3, 0.4) is 0 Å². The summed E-state index contributed by atoms with van der Waals surface area (Å²) >= 11 is 0. The first-order valence-corrected chi connectivity index (χ1v) is 7.03. The van der Waals surface area contributed by atoms with Gasteiger partial charge in [-0.1, -0.05) is 0 Å². The van der Waals surface area contributed by atoms with Gasteiger partial charge in [-0.3, -0.25) is 9.48 Å². The van der Waals surface area contributed by atoms with Crippen LogP contribution in [0.25, 0.3) is 0 Å². The number of carbonyl (C=O) groups excluding carboxylic acids is 1. The molecule has 3 rings (SSSR count). The zero-order valence-electron chi connectivity index (χ0n) is 11.9. The molecule has 0 atom stereocenters. The van der Waals surface area contributed by atoms with Crippen molar-refractivity contribution < 1.29 is 4.79 Å². The van der Waals surface area contributed by atoms with Crippen molar-refractivity contribution in [2.75, 3.05) is 14.1 Å². The van der Waals surface area contributed by atoms with Gasteiger partial charge in [0.25, 0.3) is 0 Å². The quantitative estimate of drug-likeness (QED) is 0.779. The normalized spacial score (nSPS) is 20.8. The molecule has 0 unspecified atom stereocenters. The highest BCUT2D eigenvalue weighted by Gasteiger charge is 2.32. The molecule has 102 valence electrons. The Bertz CT molecular complexity index is 550. The lowest BCUT2D eigenvalue weighted by Crippen LogP contribution is -2.17. The van der Waals surface area contributed by atoms with Gasteiger partial charge in [-0.25, -0.2) is 0 Å². The second-order valence-corrected chi connectivity index (χ2v) is 5.99. The van der Waals surface area contributed by atoms with Crippen molar-refractivity contribution in [2.45, 2.75) is 32.1 Å². The molecule has 0 amide bonds. The van der Waals surface area contributed by atoms with Crippen molar-refractivity contribution >= 4 is 5.78 Å². The van der Waals surface area contributed by atoms with Crippen LogP contribution >= 0.6 is 0 Å². The Labute approximate surface area is 114 Å². The highest BCUT2D eigenvalue weighted by atomic mass is 16.1. The summed E-state index contributed by atoms with van der Waals surface area (Å²) in [6.45, 7) is 0. The van der Waals surface area contributed by atoms with Gasteiger partial charge in [0.2, 0.25) is 0 Å². The lowest BCUT2D eigenvalue weighted by Gasteiger charge is -2.16. The second-order valence-electron chi connectivity index (χ2n) is 5.99. The van der Waals surface area contributed by atoms with Crippen LogP contribution in [0.4, 0.5) is 0 Å². The predicted octanol–water partition coefficient (Wildman–Crippen LogP) is 1.95. The Hall–Kier alpha value is -1.58. The highest BCUT2D eigenvalue weighted by molar-refractivity contribution is 6.11. The summed E-state index contributed by atoms with van der Waals surface area (Å²) < 4.78 is 1.93. The molecule has 0 N–H and O–H groups in total. The van der Waals surface area contributed by atoms with Crippen molar-refractivity contribution in [3.63, 3.8) is 0 Å². The number of carbonyl (C=O) groups is 1. The number of rotatable bonds is 3. The Balaban J connectivity index is 1.98. The molecule has 1 heterocycles. The topological polar surface area (TPSA) is 38.1 Å². The summed E-state index contributed by atoms with van der Waals surface area (Å²) in [7, 11) is 5.90. The van der Waals surface area contributed by atoms with E-state index < -0.39 is 0 Å². The lowest BCUT2D eigenvalue weighted by atomic mass is 9.89. The molecule has 0 spiro atoms. The summed E-state index contributed by atoms with van der Waals surface area (Å²) in [5, 5.41) is 4.55. The number of ketones is 1. The maximum absolute atomic E-state index is 12.6. The van der Waals surface area contributed by atoms with E-state index in [1.807, 2.05) is 36.9 Å². The van der Waals surface area contributed by atoms with Crippen LogP contribution in [-0.4, -0.2) is 34.6 Å². The maximum Gasteiger partial charge on any atom is 0.194 e. The van der Waals surface area contributed by atoms with Crippen LogP contribution in [0.5, 0.6) is 0 Å². The fourth-order valence-electron chi connectivity index (χ4n) is 2.85. The standard InChI is InChI=1S/C15H21N3O/c1-17(2)9-11-6-7-12-14(15(11)19)13(18(3)16-12)8-10-4-5-10/h9-10H,4-8H2,1-3H3/b11-9+. The van der Waals surface area contributed by atoms with Crippen LogP contribution in [0.2, 0.25) is 0 Å². The average Bonchev–Trinajstić information content (AvgIpc) is 3.08. The number of fused-ring (bicyclic) bond motifs is 1. The van der Waals surface area contributed by atoms with Crippen molar-refractivity contribution in [3.8, 4) is 0 Å². The molecular weight excluding hydrogens is 238 g/mol. The first-order valence-electron chi connectivity index (χ1n) is 7.03. The molecular formula is C15H21N3O. The van der Waals surface area contributed by atoms with Gasteiger partial charge in [-0.15, -0.1) is 0 Å². The molecule has 1 aromatic heterocycles. The molecule has 1 aromatic rings. The van der Waals surface area contributed by atoms with Crippen LogP contribution in [0, 0.1) is 5.92 Å². The summed E-state index contributed by atoms with van der Waals surface area (Å²) in [6.07, 6.45) is 7.27. The van der Waals surface area contributed by atoms with Gasteiger partial charge in [0.1, 0.15) is 0 Å². The SMILES string of the molecule is CN(C)/C=C1\CCc2nn(C)c(CC3CC3)c2C1=O. The molecule has 0 aliphatic heterocycles. The molecule has 0 saturated heterocycles. The van der Waals surface area contributed by atoms with Crippen molar-refractivity contribution in [3.05, 3.63) is 28.7 Å². The van der Waals surface area contributed by atoms with Gasteiger partial charge in [-0.2, -0.15) is 5.10 Å². The summed E-state index contributed by atoms with van der Waals surface area (Å²) in [5.41, 5.74) is 3.96. The lowest BCUT2D eigenvalue weighted by molar-refractivity contribution is 0.102. The largest absolute Gasteiger partial charge is 0.383 e. The van der Waals surface area contributed by atoms with Gasteiger partial charge >= 0.3 is 0 Å². The third-order valence-electron chi connectivity index (χ3n) is 3.98. The Morgan fingerprint density at radius 1 is 1.37 bits per heavy atom. The number of hydrogen-bond acceptors (Lipinski definition) is 3. The Kier molecular flexibility index (Phi) is 2.96. The highest BCUT2D eigenvalue weighted by Crippen LogP contribution is 2.36. The summed E-state index contributed by atoms with van der Waals surface area (Å²) in [5.74, 6) is 0.967. The molecule has 0 aromatic carbocycles. The van der Waals surface area contributed by atoms with E-state index in [1.165, 1.54) is 12.8 Å². The molecule has 19 heavy (non-hydrogen) atoms. The minimum absolute atomic E-state index is 0.193. The number of aryl methyl sites for hydroxylation is 2. The molecule has 4 nitrogen and oxygen atoms in total. The smallest absolute Gasteiger partial charge is 0.194 e. The number of hydrogen-bond donors (Lipinski definition) is 0. The van der Waals surface area contributed by atoms with E-state index in [9.17, 15) is 4.79 Å². The van der Waals surface area contributed by atoms with E-state index in [1.54, 1.807) is 0 Å². The molecule has 0 bridgehead atoms. The number of Topliss-reactive ketones (excluding diaryl/α,β-unsaturated/α-hetero) is 1. The van der Waals surface area contributed by atoms with Crippen LogP contribution < -0.4 is 0 Å². The molecule has 0 radical (unpaired) electrons. The van der Waals surface area contributed by atoms with Crippen LogP contribution in [-0.2, 0) is 19.9 Å². The monoisotopic (exact) mass is 259 g/mol. The van der Waals surface area contributed by atoms with Gasteiger partial charge in [-0.05, 0) is 38.0 Å². The first kappa shape index (κ1) is 12.5. The third kappa shape index (κ3) is 2.31. The van der Waals surface area contributed by atoms with Crippen LogP contribution in [0.1, 0.15) is 41.0 Å². The van der Waals surface area contributed by atoms with E-state index in [2.05, 4.69) is 5.10 Å². The maximum atomic E-state index is 12.6. The molecule has 2 aliphatic carbocycles. The first-order chi connectivity index (χ1) is 9.06. The van der Waals surface area contributed by atoms with E-state index in [4.69, 9.17) is 0 Å². The minimum atomic E-state index is 0.193. The van der Waals surface area contributed by atoms with E-state index in [0.29, 0.717) is 0 Å². The Morgan fingerprint density at radius 2 is 2.11 bits per heavy atom. The molecule has 4 heteroatoms. The zero-order chi connectivity index (χ0) is 13.6. The number of nitrogens with zero attached hydrogens (tertiary/aromatic N) is 3. The minimum Gasteiger partial charge on any atom is -0.383 e. The Morgan fingerprint density at radius 3 is 2.74 bits per heavy atom. The predicted molar refractivity (Wildman–Crippen MR) is 74.1 cm³/mol. The van der Waals surface area contributed by atoms with Crippen molar-refractivity contribution in [2.24, 2.45) is 13.0 Å². The van der Waals surface area contributed by atoms with Crippen molar-refractivity contribution in [1.29, 1.82) is 0 Å². The second kappa shape index (κ2) is 4.51. The van der Waals surface area contributed by atoms with Gasteiger partial charge in [0.05, 0.1) is 11.3 Å². The number of allylic oxidation sites excluding steroid dienone is 1. The summed E-state index contributed by atoms with van der Waals surface area (Å²) in [6, 6.07) is 0. The fraction of sp³-hybridized carbons (Fsp3) is 0.600. The van der Waals surface area contributed by atoms with Crippen LogP contribution in [0.15, 0.2) is 11.8 Å². The molecule has 2 aliphatic rings. The number of aromatic nitrogens is 2. The van der Waals surface area contributed by atoms with E-state index in [0.717, 1.165) is 47.7 Å². The van der Waals surface area contributed by atoms with Gasteiger partial charge < -0.3 is 4.90 Å². The average molecular weight is 259 g/mol. The van der Waals surface area contributed by atoms with Gasteiger partial charge in [0, 0.05) is 38.6 Å². The fourth-order valence-corrected chi connectivity index (χ4v) is 2.85. The van der Waals surface area contributed by atoms with E-state index in [-0.39, 0.29) is 5.78 Å². The molecule has 1 saturated carbocycles. The zero-order valence-corrected chi connectivity index (χ0v) is 11.9. The third-order valence-corrected chi connectivity index (χ3v) is 3.98. The van der Waals surface area contributed by atoms with Gasteiger partial charge in [0.15, 0.2) is 5.78 Å². The van der Waals surface area contributed by atoms with Crippen molar-refractivity contribution in [1.82, 2.24) is 14.7 Å². The molecule has 1 fully saturated rings. The van der Waals surface area contributed by atoms with E-state index >= 15 is 0 Å². The summed E-state index contributed by atoms with van der Waals surface area (Å²) in [4.78, 5) is 14.6.